The van der Waals surface area contributed by atoms with Gasteiger partial charge in [0.1, 0.15) is 0 Å². The van der Waals surface area contributed by atoms with Gasteiger partial charge in [-0.25, -0.2) is 0 Å². The number of rotatable bonds is 8. The molecule has 0 heterocycles. The molecule has 0 amide bonds. The summed E-state index contributed by atoms with van der Waals surface area (Å²) in [6.45, 7) is 5.41. The highest BCUT2D eigenvalue weighted by Gasteiger charge is 2.09. The van der Waals surface area contributed by atoms with Crippen LogP contribution in [0.1, 0.15) is 37.0 Å². The van der Waals surface area contributed by atoms with Crippen LogP contribution in [0.2, 0.25) is 0 Å². The molecule has 0 saturated heterocycles. The Morgan fingerprint density at radius 2 is 1.63 bits per heavy atom. The van der Waals surface area contributed by atoms with Gasteiger partial charge >= 0.3 is 0 Å². The summed E-state index contributed by atoms with van der Waals surface area (Å²) < 4.78 is 4.83. The Bertz CT molecular complexity index is 351. The summed E-state index contributed by atoms with van der Waals surface area (Å²) in [6.07, 6.45) is -1.10. The third-order valence-corrected chi connectivity index (χ3v) is 3.06. The summed E-state index contributed by atoms with van der Waals surface area (Å²) in [4.78, 5) is 0. The molecule has 3 N–H and O–H groups in total. The van der Waals surface area contributed by atoms with E-state index in [4.69, 9.17) is 4.74 Å². The third-order valence-electron chi connectivity index (χ3n) is 3.06. The van der Waals surface area contributed by atoms with Crippen molar-refractivity contribution < 1.29 is 14.9 Å². The lowest BCUT2D eigenvalue weighted by Crippen LogP contribution is -2.32. The summed E-state index contributed by atoms with van der Waals surface area (Å²) in [6, 6.07) is 7.99. The number of hydrogen-bond acceptors (Lipinski definition) is 4. The number of methoxy groups -OCH3 is 1. The molecule has 0 fully saturated rings. The van der Waals surface area contributed by atoms with Gasteiger partial charge in [-0.05, 0) is 17.0 Å². The van der Waals surface area contributed by atoms with Crippen molar-refractivity contribution in [3.05, 3.63) is 35.4 Å². The molecule has 1 aromatic rings. The molecule has 4 nitrogen and oxygen atoms in total. The minimum atomic E-state index is -0.559. The molecule has 2 unspecified atom stereocenters. The molecule has 19 heavy (non-hydrogen) atoms. The highest BCUT2D eigenvalue weighted by molar-refractivity contribution is 5.26. The zero-order valence-corrected chi connectivity index (χ0v) is 12.0. The monoisotopic (exact) mass is 267 g/mol. The lowest BCUT2D eigenvalue weighted by atomic mass is 10.00. The van der Waals surface area contributed by atoms with Crippen LogP contribution in [0.5, 0.6) is 0 Å². The topological polar surface area (TPSA) is 61.7 Å². The van der Waals surface area contributed by atoms with Gasteiger partial charge in [0.05, 0.1) is 18.8 Å². The quantitative estimate of drug-likeness (QED) is 0.667. The summed E-state index contributed by atoms with van der Waals surface area (Å²) in [5.41, 5.74) is 2.15. The third kappa shape index (κ3) is 5.70. The largest absolute Gasteiger partial charge is 0.389 e. The van der Waals surface area contributed by atoms with Gasteiger partial charge < -0.3 is 20.3 Å². The molecule has 2 atom stereocenters. The van der Waals surface area contributed by atoms with Crippen molar-refractivity contribution in [3.8, 4) is 0 Å². The minimum absolute atomic E-state index is 0.298. The smallest absolute Gasteiger partial charge is 0.0914 e. The second-order valence-corrected chi connectivity index (χ2v) is 5.10. The van der Waals surface area contributed by atoms with Gasteiger partial charge in [-0.1, -0.05) is 38.1 Å². The molecule has 1 rings (SSSR count). The number of aliphatic hydroxyl groups excluding tert-OH is 2. The van der Waals surface area contributed by atoms with Crippen LogP contribution in [0.3, 0.4) is 0 Å². The van der Waals surface area contributed by atoms with Gasteiger partial charge in [0.15, 0.2) is 0 Å². The lowest BCUT2D eigenvalue weighted by molar-refractivity contribution is 0.0616. The van der Waals surface area contributed by atoms with Gasteiger partial charge in [-0.3, -0.25) is 0 Å². The van der Waals surface area contributed by atoms with E-state index in [1.54, 1.807) is 7.11 Å². The van der Waals surface area contributed by atoms with Crippen LogP contribution in [0.25, 0.3) is 0 Å². The Morgan fingerprint density at radius 3 is 2.16 bits per heavy atom. The van der Waals surface area contributed by atoms with Crippen LogP contribution in [0.4, 0.5) is 0 Å². The maximum absolute atomic E-state index is 10.0. The Labute approximate surface area is 115 Å². The van der Waals surface area contributed by atoms with E-state index in [9.17, 15) is 10.2 Å². The van der Waals surface area contributed by atoms with Gasteiger partial charge in [-0.2, -0.15) is 0 Å². The number of aliphatic hydroxyl groups is 2. The summed E-state index contributed by atoms with van der Waals surface area (Å²) in [5, 5.41) is 22.5. The van der Waals surface area contributed by atoms with E-state index >= 15 is 0 Å². The van der Waals surface area contributed by atoms with Gasteiger partial charge in [0.25, 0.3) is 0 Å². The second kappa shape index (κ2) is 8.27. The standard InChI is InChI=1S/C15H25NO3/c1-11(2)12-4-6-13(7-5-12)15(18)9-16-8-14(17)10-19-3/h4-7,11,14-18H,8-10H2,1-3H3. The highest BCUT2D eigenvalue weighted by Crippen LogP contribution is 2.18. The van der Waals surface area contributed by atoms with Gasteiger partial charge in [0.2, 0.25) is 0 Å². The number of hydrogen-bond donors (Lipinski definition) is 3. The van der Waals surface area contributed by atoms with Crippen molar-refractivity contribution in [2.24, 2.45) is 0 Å². The molecule has 4 heteroatoms. The molecule has 0 aliphatic rings. The molecular formula is C15H25NO3. The molecule has 0 spiro atoms. The first-order valence-electron chi connectivity index (χ1n) is 6.70. The van der Waals surface area contributed by atoms with Crippen molar-refractivity contribution in [1.29, 1.82) is 0 Å². The van der Waals surface area contributed by atoms with Crippen LogP contribution in [-0.4, -0.2) is 43.1 Å². The molecule has 1 aromatic carbocycles. The molecule has 0 saturated carbocycles. The first kappa shape index (κ1) is 16.1. The molecule has 108 valence electrons. The van der Waals surface area contributed by atoms with Crippen LogP contribution in [0.15, 0.2) is 24.3 Å². The average Bonchev–Trinajstić information content (AvgIpc) is 2.39. The fourth-order valence-corrected chi connectivity index (χ4v) is 1.86. The van der Waals surface area contributed by atoms with E-state index in [-0.39, 0.29) is 0 Å². The van der Waals surface area contributed by atoms with Gasteiger partial charge in [0, 0.05) is 20.2 Å². The van der Waals surface area contributed by atoms with E-state index < -0.39 is 12.2 Å². The van der Waals surface area contributed by atoms with Crippen LogP contribution < -0.4 is 5.32 Å². The minimum Gasteiger partial charge on any atom is -0.389 e. The zero-order valence-electron chi connectivity index (χ0n) is 12.0. The fraction of sp³-hybridized carbons (Fsp3) is 0.600. The molecule has 0 radical (unpaired) electrons. The second-order valence-electron chi connectivity index (χ2n) is 5.10. The molecule has 0 aliphatic carbocycles. The van der Waals surface area contributed by atoms with Crippen LogP contribution in [-0.2, 0) is 4.74 Å². The fourth-order valence-electron chi connectivity index (χ4n) is 1.86. The number of benzene rings is 1. The Morgan fingerprint density at radius 1 is 1.05 bits per heavy atom. The highest BCUT2D eigenvalue weighted by atomic mass is 16.5. The van der Waals surface area contributed by atoms with Crippen molar-refractivity contribution in [2.45, 2.75) is 32.0 Å². The lowest BCUT2D eigenvalue weighted by Gasteiger charge is -2.15. The van der Waals surface area contributed by atoms with E-state index in [1.807, 2.05) is 24.3 Å². The number of ether oxygens (including phenoxy) is 1. The van der Waals surface area contributed by atoms with E-state index in [1.165, 1.54) is 5.56 Å². The SMILES string of the molecule is COCC(O)CNCC(O)c1ccc(C(C)C)cc1. The van der Waals surface area contributed by atoms with Crippen LogP contribution in [0, 0.1) is 0 Å². The van der Waals surface area contributed by atoms with E-state index in [2.05, 4.69) is 19.2 Å². The maximum atomic E-state index is 10.0. The summed E-state index contributed by atoms with van der Waals surface area (Å²) in [5.74, 6) is 0.494. The van der Waals surface area contributed by atoms with Gasteiger partial charge in [-0.15, -0.1) is 0 Å². The summed E-state index contributed by atoms with van der Waals surface area (Å²) >= 11 is 0. The van der Waals surface area contributed by atoms with Crippen LogP contribution >= 0.6 is 0 Å². The molecule has 0 aromatic heterocycles. The van der Waals surface area contributed by atoms with Crippen molar-refractivity contribution >= 4 is 0 Å². The normalized spacial score (nSPS) is 14.6. The Balaban J connectivity index is 2.38. The molecule has 0 aliphatic heterocycles. The average molecular weight is 267 g/mol. The Kier molecular flexibility index (Phi) is 7.02. The predicted octanol–water partition coefficient (Wildman–Crippen LogP) is 1.44. The Hall–Kier alpha value is -0.940. The zero-order chi connectivity index (χ0) is 14.3. The van der Waals surface area contributed by atoms with E-state index in [0.717, 1.165) is 5.56 Å². The van der Waals surface area contributed by atoms with Crippen molar-refractivity contribution in [2.75, 3.05) is 26.8 Å². The first-order chi connectivity index (χ1) is 9.04. The maximum Gasteiger partial charge on any atom is 0.0914 e. The predicted molar refractivity (Wildman–Crippen MR) is 76.2 cm³/mol. The van der Waals surface area contributed by atoms with Crippen molar-refractivity contribution in [1.82, 2.24) is 5.32 Å². The van der Waals surface area contributed by atoms with E-state index in [0.29, 0.717) is 25.6 Å². The first-order valence-corrected chi connectivity index (χ1v) is 6.70. The van der Waals surface area contributed by atoms with Crippen molar-refractivity contribution in [3.63, 3.8) is 0 Å². The number of nitrogens with one attached hydrogen (secondary N) is 1. The summed E-state index contributed by atoms with van der Waals surface area (Å²) in [7, 11) is 1.55. The molecular weight excluding hydrogens is 242 g/mol. The molecule has 0 bridgehead atoms.